The number of methoxy groups -OCH3 is 1. The third-order valence-corrected chi connectivity index (χ3v) is 3.89. The van der Waals surface area contributed by atoms with Crippen molar-refractivity contribution in [1.82, 2.24) is 15.3 Å². The number of hydrogen-bond donors (Lipinski definition) is 2. The fraction of sp³-hybridized carbons (Fsp3) is 0.125. The number of hydrogen-bond acceptors (Lipinski definition) is 3. The number of H-pyrrole nitrogens is 1. The van der Waals surface area contributed by atoms with E-state index in [4.69, 9.17) is 4.74 Å². The number of amides is 1. The van der Waals surface area contributed by atoms with E-state index in [0.717, 1.165) is 21.3 Å². The molecule has 3 rings (SSSR count). The summed E-state index contributed by atoms with van der Waals surface area (Å²) in [7, 11) is 1.58. The summed E-state index contributed by atoms with van der Waals surface area (Å²) < 4.78 is 5.89. The molecule has 112 valence electrons. The summed E-state index contributed by atoms with van der Waals surface area (Å²) in [6.07, 6.45) is 0. The molecular formula is C16H14BrN3O2. The van der Waals surface area contributed by atoms with Crippen LogP contribution in [-0.4, -0.2) is 23.0 Å². The molecular weight excluding hydrogens is 346 g/mol. The van der Waals surface area contributed by atoms with Crippen molar-refractivity contribution in [1.29, 1.82) is 0 Å². The van der Waals surface area contributed by atoms with Gasteiger partial charge in [0.15, 0.2) is 0 Å². The van der Waals surface area contributed by atoms with E-state index in [-0.39, 0.29) is 5.91 Å². The Morgan fingerprint density at radius 2 is 2.14 bits per heavy atom. The van der Waals surface area contributed by atoms with Gasteiger partial charge >= 0.3 is 0 Å². The Bertz CT molecular complexity index is 796. The molecule has 0 unspecified atom stereocenters. The fourth-order valence-electron chi connectivity index (χ4n) is 2.16. The Morgan fingerprint density at radius 3 is 2.86 bits per heavy atom. The first-order chi connectivity index (χ1) is 10.7. The highest BCUT2D eigenvalue weighted by atomic mass is 79.9. The first kappa shape index (κ1) is 14.6. The standard InChI is InChI=1S/C16H14BrN3O2/c1-22-14-7-6-10(8-11(14)17)16(21)18-9-15-19-12-4-2-3-5-13(12)20-15/h2-8H,9H2,1H3,(H,18,21)(H,19,20). The number of nitrogens with zero attached hydrogens (tertiary/aromatic N) is 1. The van der Waals surface area contributed by atoms with Gasteiger partial charge < -0.3 is 15.0 Å². The zero-order valence-electron chi connectivity index (χ0n) is 11.9. The van der Waals surface area contributed by atoms with Crippen molar-refractivity contribution in [3.8, 4) is 5.75 Å². The molecule has 6 heteroatoms. The van der Waals surface area contributed by atoms with Crippen molar-refractivity contribution in [2.45, 2.75) is 6.54 Å². The number of carbonyl (C=O) groups excluding carboxylic acids is 1. The van der Waals surface area contributed by atoms with Crippen LogP contribution in [0.5, 0.6) is 5.75 Å². The first-order valence-corrected chi connectivity index (χ1v) is 7.52. The molecule has 1 heterocycles. The number of aromatic nitrogens is 2. The molecule has 0 bridgehead atoms. The number of fused-ring (bicyclic) bond motifs is 1. The number of rotatable bonds is 4. The quantitative estimate of drug-likeness (QED) is 0.751. The number of aromatic amines is 1. The second-order valence-corrected chi connectivity index (χ2v) is 5.59. The van der Waals surface area contributed by atoms with Crippen LogP contribution < -0.4 is 10.1 Å². The Balaban J connectivity index is 1.70. The summed E-state index contributed by atoms with van der Waals surface area (Å²) in [5.41, 5.74) is 2.40. The lowest BCUT2D eigenvalue weighted by Gasteiger charge is -2.06. The Morgan fingerprint density at radius 1 is 1.32 bits per heavy atom. The van der Waals surface area contributed by atoms with E-state index in [9.17, 15) is 4.79 Å². The summed E-state index contributed by atoms with van der Waals surface area (Å²) in [4.78, 5) is 19.8. The SMILES string of the molecule is COc1ccc(C(=O)NCc2nc3ccccc3[nH]2)cc1Br. The lowest BCUT2D eigenvalue weighted by molar-refractivity contribution is 0.0950. The van der Waals surface area contributed by atoms with E-state index < -0.39 is 0 Å². The third kappa shape index (κ3) is 2.96. The van der Waals surface area contributed by atoms with Gasteiger partial charge in [0.1, 0.15) is 11.6 Å². The number of ether oxygens (including phenoxy) is 1. The minimum Gasteiger partial charge on any atom is -0.496 e. The van der Waals surface area contributed by atoms with Crippen molar-refractivity contribution < 1.29 is 9.53 Å². The average Bonchev–Trinajstić information content (AvgIpc) is 2.95. The largest absolute Gasteiger partial charge is 0.496 e. The van der Waals surface area contributed by atoms with Crippen molar-refractivity contribution in [3.05, 3.63) is 58.3 Å². The molecule has 0 aliphatic heterocycles. The zero-order valence-corrected chi connectivity index (χ0v) is 13.5. The van der Waals surface area contributed by atoms with Crippen molar-refractivity contribution >= 4 is 32.9 Å². The summed E-state index contributed by atoms with van der Waals surface area (Å²) in [5.74, 6) is 1.25. The molecule has 0 fully saturated rings. The fourth-order valence-corrected chi connectivity index (χ4v) is 2.70. The van der Waals surface area contributed by atoms with E-state index in [0.29, 0.717) is 17.9 Å². The van der Waals surface area contributed by atoms with E-state index in [1.54, 1.807) is 25.3 Å². The average molecular weight is 360 g/mol. The number of benzene rings is 2. The van der Waals surface area contributed by atoms with Gasteiger partial charge in [0.05, 0.1) is 29.2 Å². The molecule has 0 saturated carbocycles. The molecule has 2 N–H and O–H groups in total. The van der Waals surface area contributed by atoms with Crippen LogP contribution in [0.25, 0.3) is 11.0 Å². The van der Waals surface area contributed by atoms with Crippen LogP contribution >= 0.6 is 15.9 Å². The van der Waals surface area contributed by atoms with Crippen molar-refractivity contribution in [2.75, 3.05) is 7.11 Å². The molecule has 0 radical (unpaired) electrons. The van der Waals surface area contributed by atoms with Crippen LogP contribution in [0, 0.1) is 0 Å². The van der Waals surface area contributed by atoms with Gasteiger partial charge in [-0.3, -0.25) is 4.79 Å². The van der Waals surface area contributed by atoms with Gasteiger partial charge in [-0.15, -0.1) is 0 Å². The number of nitrogens with one attached hydrogen (secondary N) is 2. The smallest absolute Gasteiger partial charge is 0.251 e. The van der Waals surface area contributed by atoms with Crippen molar-refractivity contribution in [3.63, 3.8) is 0 Å². The first-order valence-electron chi connectivity index (χ1n) is 6.73. The predicted octanol–water partition coefficient (Wildman–Crippen LogP) is 3.26. The van der Waals surface area contributed by atoms with Gasteiger partial charge in [0.2, 0.25) is 0 Å². The van der Waals surface area contributed by atoms with Gasteiger partial charge in [-0.05, 0) is 46.3 Å². The Hall–Kier alpha value is -2.34. The maximum Gasteiger partial charge on any atom is 0.251 e. The molecule has 0 saturated heterocycles. The van der Waals surface area contributed by atoms with Crippen LogP contribution in [-0.2, 0) is 6.54 Å². The van der Waals surface area contributed by atoms with Gasteiger partial charge in [0, 0.05) is 5.56 Å². The maximum absolute atomic E-state index is 12.2. The molecule has 0 aliphatic carbocycles. The highest BCUT2D eigenvalue weighted by Gasteiger charge is 2.10. The van der Waals surface area contributed by atoms with Crippen LogP contribution in [0.15, 0.2) is 46.9 Å². The van der Waals surface area contributed by atoms with Crippen LogP contribution in [0.3, 0.4) is 0 Å². The minimum atomic E-state index is -0.163. The summed E-state index contributed by atoms with van der Waals surface area (Å²) in [5, 5.41) is 2.85. The summed E-state index contributed by atoms with van der Waals surface area (Å²) in [6.45, 7) is 0.344. The Labute approximate surface area is 135 Å². The minimum absolute atomic E-state index is 0.163. The molecule has 1 aromatic heterocycles. The number of carbonyl (C=O) groups is 1. The Kier molecular flexibility index (Phi) is 4.11. The van der Waals surface area contributed by atoms with Crippen LogP contribution in [0.1, 0.15) is 16.2 Å². The van der Waals surface area contributed by atoms with Crippen LogP contribution in [0.4, 0.5) is 0 Å². The number of halogens is 1. The van der Waals surface area contributed by atoms with Gasteiger partial charge in [0.25, 0.3) is 5.91 Å². The molecule has 0 atom stereocenters. The monoisotopic (exact) mass is 359 g/mol. The molecule has 2 aromatic carbocycles. The van der Waals surface area contributed by atoms with E-state index >= 15 is 0 Å². The molecule has 1 amide bonds. The molecule has 3 aromatic rings. The van der Waals surface area contributed by atoms with Gasteiger partial charge in [-0.25, -0.2) is 4.98 Å². The highest BCUT2D eigenvalue weighted by molar-refractivity contribution is 9.10. The zero-order chi connectivity index (χ0) is 15.5. The van der Waals surface area contributed by atoms with E-state index in [1.807, 2.05) is 24.3 Å². The lowest BCUT2D eigenvalue weighted by Crippen LogP contribution is -2.23. The highest BCUT2D eigenvalue weighted by Crippen LogP contribution is 2.25. The number of imidazole rings is 1. The maximum atomic E-state index is 12.2. The third-order valence-electron chi connectivity index (χ3n) is 3.27. The molecule has 0 spiro atoms. The van der Waals surface area contributed by atoms with Gasteiger partial charge in [-0.2, -0.15) is 0 Å². The predicted molar refractivity (Wildman–Crippen MR) is 88.0 cm³/mol. The molecule has 5 nitrogen and oxygen atoms in total. The molecule has 22 heavy (non-hydrogen) atoms. The van der Waals surface area contributed by atoms with Crippen molar-refractivity contribution in [2.24, 2.45) is 0 Å². The lowest BCUT2D eigenvalue weighted by atomic mass is 10.2. The summed E-state index contributed by atoms with van der Waals surface area (Å²) in [6, 6.07) is 13.0. The number of para-hydroxylation sites is 2. The summed E-state index contributed by atoms with van der Waals surface area (Å²) >= 11 is 3.37. The van der Waals surface area contributed by atoms with E-state index in [2.05, 4.69) is 31.2 Å². The van der Waals surface area contributed by atoms with Crippen LogP contribution in [0.2, 0.25) is 0 Å². The van der Waals surface area contributed by atoms with E-state index in [1.165, 1.54) is 0 Å². The van der Waals surface area contributed by atoms with Gasteiger partial charge in [-0.1, -0.05) is 12.1 Å². The second-order valence-electron chi connectivity index (χ2n) is 4.73. The topological polar surface area (TPSA) is 67.0 Å². The molecule has 0 aliphatic rings. The normalized spacial score (nSPS) is 10.6. The second kappa shape index (κ2) is 6.19.